The van der Waals surface area contributed by atoms with Gasteiger partial charge in [0.25, 0.3) is 0 Å². The molecule has 2 N–H and O–H groups in total. The third kappa shape index (κ3) is 15.1. The number of nitrogens with one attached hydrogen (secondary N) is 2. The minimum Gasteiger partial charge on any atom is -0.362 e. The number of hydrogen-bond acceptors (Lipinski definition) is 4. The third-order valence-corrected chi connectivity index (χ3v) is 2.48. The molecule has 2 amide bonds. The van der Waals surface area contributed by atoms with E-state index >= 15 is 0 Å². The molecule has 0 saturated heterocycles. The molecule has 21 heavy (non-hydrogen) atoms. The van der Waals surface area contributed by atoms with E-state index in [1.807, 2.05) is 34.6 Å². The molecule has 0 aliphatic rings. The van der Waals surface area contributed by atoms with Gasteiger partial charge in [-0.15, -0.1) is 0 Å². The summed E-state index contributed by atoms with van der Waals surface area (Å²) in [4.78, 5) is 21.9. The van der Waals surface area contributed by atoms with E-state index in [0.29, 0.717) is 13.0 Å². The molecular formula is C15H32N2O4. The van der Waals surface area contributed by atoms with Gasteiger partial charge in [-0.1, -0.05) is 20.8 Å². The molecular weight excluding hydrogens is 272 g/mol. The molecule has 0 aliphatic heterocycles. The Morgan fingerprint density at radius 3 is 1.95 bits per heavy atom. The summed E-state index contributed by atoms with van der Waals surface area (Å²) in [7, 11) is 1.57. The van der Waals surface area contributed by atoms with E-state index in [9.17, 15) is 9.59 Å². The van der Waals surface area contributed by atoms with Crippen LogP contribution in [0.2, 0.25) is 0 Å². The SMILES string of the molecule is CCCC(=O)NC(C)OC.CCOC(C)NC(=O)C(C)C. The molecule has 126 valence electrons. The number of carbonyl (C=O) groups excluding carboxylic acids is 2. The van der Waals surface area contributed by atoms with Gasteiger partial charge in [0.15, 0.2) is 0 Å². The smallest absolute Gasteiger partial charge is 0.224 e. The average Bonchev–Trinajstić information content (AvgIpc) is 2.39. The third-order valence-electron chi connectivity index (χ3n) is 2.48. The zero-order chi connectivity index (χ0) is 16.8. The van der Waals surface area contributed by atoms with Crippen LogP contribution in [0.5, 0.6) is 0 Å². The van der Waals surface area contributed by atoms with Crippen LogP contribution in [0.15, 0.2) is 0 Å². The highest BCUT2D eigenvalue weighted by molar-refractivity contribution is 5.77. The Morgan fingerprint density at radius 2 is 1.57 bits per heavy atom. The number of methoxy groups -OCH3 is 1. The summed E-state index contributed by atoms with van der Waals surface area (Å²) >= 11 is 0. The summed E-state index contributed by atoms with van der Waals surface area (Å²) in [5.74, 6) is 0.112. The Bertz CT molecular complexity index is 283. The minimum absolute atomic E-state index is 0.0258. The lowest BCUT2D eigenvalue weighted by molar-refractivity contribution is -0.128. The fraction of sp³-hybridized carbons (Fsp3) is 0.867. The molecule has 0 fully saturated rings. The molecule has 0 aromatic heterocycles. The van der Waals surface area contributed by atoms with E-state index in [-0.39, 0.29) is 30.2 Å². The molecule has 6 nitrogen and oxygen atoms in total. The van der Waals surface area contributed by atoms with Gasteiger partial charge in [0, 0.05) is 26.1 Å². The van der Waals surface area contributed by atoms with Crippen molar-refractivity contribution in [3.05, 3.63) is 0 Å². The fourth-order valence-electron chi connectivity index (χ4n) is 1.24. The van der Waals surface area contributed by atoms with Crippen molar-refractivity contribution in [3.8, 4) is 0 Å². The van der Waals surface area contributed by atoms with E-state index in [1.54, 1.807) is 14.0 Å². The first-order valence-electron chi connectivity index (χ1n) is 7.52. The normalized spacial score (nSPS) is 13.0. The molecule has 0 aliphatic carbocycles. The van der Waals surface area contributed by atoms with E-state index in [4.69, 9.17) is 9.47 Å². The van der Waals surface area contributed by atoms with Crippen LogP contribution < -0.4 is 10.6 Å². The average molecular weight is 304 g/mol. The van der Waals surface area contributed by atoms with Crippen molar-refractivity contribution < 1.29 is 19.1 Å². The Labute approximate surface area is 129 Å². The molecule has 0 spiro atoms. The lowest BCUT2D eigenvalue weighted by Crippen LogP contribution is -2.37. The second-order valence-corrected chi connectivity index (χ2v) is 4.96. The van der Waals surface area contributed by atoms with Crippen LogP contribution in [-0.2, 0) is 19.1 Å². The van der Waals surface area contributed by atoms with Crippen LogP contribution in [-0.4, -0.2) is 38.0 Å². The van der Waals surface area contributed by atoms with Gasteiger partial charge in [-0.3, -0.25) is 9.59 Å². The summed E-state index contributed by atoms with van der Waals surface area (Å²) in [6.45, 7) is 11.8. The van der Waals surface area contributed by atoms with Crippen LogP contribution in [0, 0.1) is 5.92 Å². The largest absolute Gasteiger partial charge is 0.362 e. The maximum Gasteiger partial charge on any atom is 0.224 e. The maximum absolute atomic E-state index is 11.0. The van der Waals surface area contributed by atoms with Crippen molar-refractivity contribution in [1.82, 2.24) is 10.6 Å². The molecule has 2 atom stereocenters. The zero-order valence-corrected chi connectivity index (χ0v) is 14.5. The van der Waals surface area contributed by atoms with Gasteiger partial charge < -0.3 is 20.1 Å². The van der Waals surface area contributed by atoms with Crippen LogP contribution in [0.3, 0.4) is 0 Å². The molecule has 0 saturated carbocycles. The second-order valence-electron chi connectivity index (χ2n) is 4.96. The lowest BCUT2D eigenvalue weighted by Gasteiger charge is -2.14. The van der Waals surface area contributed by atoms with E-state index in [1.165, 1.54) is 0 Å². The first-order chi connectivity index (χ1) is 9.78. The van der Waals surface area contributed by atoms with Crippen molar-refractivity contribution in [2.45, 2.75) is 66.8 Å². The predicted octanol–water partition coefficient (Wildman–Crippen LogP) is 2.04. The molecule has 6 heteroatoms. The number of rotatable bonds is 8. The van der Waals surface area contributed by atoms with Crippen LogP contribution in [0.4, 0.5) is 0 Å². The topological polar surface area (TPSA) is 76.7 Å². The van der Waals surface area contributed by atoms with Gasteiger partial charge in [0.05, 0.1) is 0 Å². The van der Waals surface area contributed by atoms with E-state index in [0.717, 1.165) is 6.42 Å². The highest BCUT2D eigenvalue weighted by atomic mass is 16.5. The van der Waals surface area contributed by atoms with Gasteiger partial charge in [-0.05, 0) is 27.2 Å². The first kappa shape index (κ1) is 22.1. The highest BCUT2D eigenvalue weighted by Crippen LogP contribution is 1.93. The number of ether oxygens (including phenoxy) is 2. The summed E-state index contributed by atoms with van der Waals surface area (Å²) in [5.41, 5.74) is 0. The Hall–Kier alpha value is -1.14. The zero-order valence-electron chi connectivity index (χ0n) is 14.5. The second kappa shape index (κ2) is 13.8. The Balaban J connectivity index is 0. The van der Waals surface area contributed by atoms with Gasteiger partial charge in [-0.2, -0.15) is 0 Å². The summed E-state index contributed by atoms with van der Waals surface area (Å²) in [6.07, 6.45) is 1.12. The summed E-state index contributed by atoms with van der Waals surface area (Å²) < 4.78 is 9.97. The van der Waals surface area contributed by atoms with Gasteiger partial charge in [0.1, 0.15) is 12.5 Å². The van der Waals surface area contributed by atoms with Gasteiger partial charge in [0.2, 0.25) is 11.8 Å². The molecule has 0 radical (unpaired) electrons. The van der Waals surface area contributed by atoms with Crippen LogP contribution >= 0.6 is 0 Å². The summed E-state index contributed by atoms with van der Waals surface area (Å²) in [6, 6.07) is 0. The molecule has 2 unspecified atom stereocenters. The van der Waals surface area contributed by atoms with Crippen molar-refractivity contribution in [1.29, 1.82) is 0 Å². The van der Waals surface area contributed by atoms with Gasteiger partial charge >= 0.3 is 0 Å². The van der Waals surface area contributed by atoms with Crippen LogP contribution in [0.25, 0.3) is 0 Å². The highest BCUT2D eigenvalue weighted by Gasteiger charge is 2.09. The van der Waals surface area contributed by atoms with Crippen LogP contribution in [0.1, 0.15) is 54.4 Å². The molecule has 0 rings (SSSR count). The number of amides is 2. The lowest BCUT2D eigenvalue weighted by atomic mass is 10.2. The monoisotopic (exact) mass is 304 g/mol. The van der Waals surface area contributed by atoms with Crippen molar-refractivity contribution in [2.75, 3.05) is 13.7 Å². The molecule has 0 bridgehead atoms. The fourth-order valence-corrected chi connectivity index (χ4v) is 1.24. The molecule has 0 heterocycles. The van der Waals surface area contributed by atoms with E-state index in [2.05, 4.69) is 10.6 Å². The minimum atomic E-state index is -0.171. The number of hydrogen-bond donors (Lipinski definition) is 2. The first-order valence-corrected chi connectivity index (χ1v) is 7.52. The van der Waals surface area contributed by atoms with Crippen molar-refractivity contribution >= 4 is 11.8 Å². The Morgan fingerprint density at radius 1 is 1.00 bits per heavy atom. The van der Waals surface area contributed by atoms with Crippen molar-refractivity contribution in [2.24, 2.45) is 5.92 Å². The van der Waals surface area contributed by atoms with Crippen molar-refractivity contribution in [3.63, 3.8) is 0 Å². The summed E-state index contributed by atoms with van der Waals surface area (Å²) in [5, 5.41) is 5.39. The Kier molecular flexibility index (Phi) is 14.6. The predicted molar refractivity (Wildman–Crippen MR) is 83.6 cm³/mol. The van der Waals surface area contributed by atoms with E-state index < -0.39 is 0 Å². The molecule has 0 aromatic carbocycles. The van der Waals surface area contributed by atoms with Gasteiger partial charge in [-0.25, -0.2) is 0 Å². The quantitative estimate of drug-likeness (QED) is 0.673. The standard InChI is InChI=1S/C8H17NO2.C7H15NO2/c1-5-11-7(4)9-8(10)6(2)3;1-4-5-7(9)8-6(2)10-3/h6-7H,5H2,1-4H3,(H,9,10);6H,4-5H2,1-3H3,(H,8,9). The maximum atomic E-state index is 11.0. The number of carbonyl (C=O) groups is 2. The molecule has 0 aromatic rings.